The van der Waals surface area contributed by atoms with Gasteiger partial charge in [-0.2, -0.15) is 0 Å². The first-order valence-electron chi connectivity index (χ1n) is 7.11. The van der Waals surface area contributed by atoms with Crippen molar-refractivity contribution in [2.24, 2.45) is 5.92 Å². The van der Waals surface area contributed by atoms with Gasteiger partial charge in [-0.3, -0.25) is 4.79 Å². The maximum atomic E-state index is 11.4. The Bertz CT molecular complexity index is 235. The second-order valence-electron chi connectivity index (χ2n) is 5.00. The van der Waals surface area contributed by atoms with Crippen LogP contribution in [0.3, 0.4) is 0 Å². The summed E-state index contributed by atoms with van der Waals surface area (Å²) < 4.78 is 5.22. The Hall–Kier alpha value is -0.790. The highest BCUT2D eigenvalue weighted by Gasteiger charge is 2.40. The lowest BCUT2D eigenvalue weighted by Gasteiger charge is -2.35. The maximum Gasteiger partial charge on any atom is 0.313 e. The molecule has 1 heterocycles. The molecule has 0 aliphatic carbocycles. The third kappa shape index (κ3) is 4.93. The molecular formula is C15H26O2. The van der Waals surface area contributed by atoms with Crippen molar-refractivity contribution in [3.63, 3.8) is 0 Å². The molecule has 0 bridgehead atoms. The van der Waals surface area contributed by atoms with Crippen LogP contribution in [0.4, 0.5) is 0 Å². The lowest BCUT2D eigenvalue weighted by molar-refractivity contribution is -0.186. The van der Waals surface area contributed by atoms with Crippen LogP contribution in [-0.2, 0) is 9.53 Å². The molecule has 0 aromatic carbocycles. The highest BCUT2D eigenvalue weighted by Crippen LogP contribution is 2.31. The molecule has 2 heteroatoms. The summed E-state index contributed by atoms with van der Waals surface area (Å²) in [4.78, 5) is 11.4. The van der Waals surface area contributed by atoms with E-state index in [0.29, 0.717) is 0 Å². The van der Waals surface area contributed by atoms with Crippen LogP contribution in [0.5, 0.6) is 0 Å². The van der Waals surface area contributed by atoms with Crippen molar-refractivity contribution >= 4 is 5.97 Å². The molecule has 0 saturated carbocycles. The Kier molecular flexibility index (Phi) is 6.99. The minimum Gasteiger partial charge on any atom is -0.461 e. The van der Waals surface area contributed by atoms with Crippen molar-refractivity contribution in [2.75, 3.05) is 0 Å². The minimum absolute atomic E-state index is 0.0372. The number of carbonyl (C=O) groups is 1. The molecule has 0 unspecified atom stereocenters. The zero-order valence-corrected chi connectivity index (χ0v) is 11.1. The number of cyclic esters (lactones) is 1. The van der Waals surface area contributed by atoms with Crippen LogP contribution in [0.15, 0.2) is 12.7 Å². The van der Waals surface area contributed by atoms with Gasteiger partial charge in [0, 0.05) is 0 Å². The van der Waals surface area contributed by atoms with E-state index in [1.165, 1.54) is 32.1 Å². The Morgan fingerprint density at radius 2 is 1.94 bits per heavy atom. The van der Waals surface area contributed by atoms with Crippen LogP contribution < -0.4 is 0 Å². The monoisotopic (exact) mass is 238 g/mol. The van der Waals surface area contributed by atoms with Crippen LogP contribution in [0, 0.1) is 5.92 Å². The molecule has 1 rings (SSSR count). The number of hydrogen-bond acceptors (Lipinski definition) is 2. The number of carbonyl (C=O) groups excluding carboxylic acids is 1. The number of hydrogen-bond donors (Lipinski definition) is 0. The first-order chi connectivity index (χ1) is 8.29. The lowest BCUT2D eigenvalue weighted by Crippen LogP contribution is -2.44. The fraction of sp³-hybridized carbons (Fsp3) is 0.800. The van der Waals surface area contributed by atoms with Gasteiger partial charge >= 0.3 is 5.97 Å². The van der Waals surface area contributed by atoms with Crippen molar-refractivity contribution in [1.29, 1.82) is 0 Å². The largest absolute Gasteiger partial charge is 0.461 e. The number of ether oxygens (including phenoxy) is 1. The van der Waals surface area contributed by atoms with Gasteiger partial charge in [0.15, 0.2) is 0 Å². The van der Waals surface area contributed by atoms with E-state index >= 15 is 0 Å². The average molecular weight is 238 g/mol. The Labute approximate surface area is 105 Å². The topological polar surface area (TPSA) is 26.3 Å². The van der Waals surface area contributed by atoms with E-state index in [9.17, 15) is 4.79 Å². The summed E-state index contributed by atoms with van der Waals surface area (Å²) in [5, 5.41) is 0. The molecular weight excluding hydrogens is 212 g/mol. The molecule has 98 valence electrons. The Morgan fingerprint density at radius 3 is 2.59 bits per heavy atom. The molecule has 0 N–H and O–H groups in total. The molecule has 0 spiro atoms. The standard InChI is InChI=1S/C15H26O2/c1-3-5-7-9-11-13-14(17-15(13)16)12-10-8-6-4-2/h4,13-14H,2-3,5-12H2,1H3/t13-,14-/m0/s1. The van der Waals surface area contributed by atoms with Gasteiger partial charge < -0.3 is 4.74 Å². The van der Waals surface area contributed by atoms with Crippen LogP contribution in [0.25, 0.3) is 0 Å². The van der Waals surface area contributed by atoms with Gasteiger partial charge in [-0.25, -0.2) is 0 Å². The summed E-state index contributed by atoms with van der Waals surface area (Å²) in [5.41, 5.74) is 0. The van der Waals surface area contributed by atoms with Crippen molar-refractivity contribution in [2.45, 2.75) is 70.8 Å². The van der Waals surface area contributed by atoms with Gasteiger partial charge in [-0.15, -0.1) is 6.58 Å². The molecule has 0 radical (unpaired) electrons. The first-order valence-corrected chi connectivity index (χ1v) is 7.11. The van der Waals surface area contributed by atoms with Crippen molar-refractivity contribution in [3.05, 3.63) is 12.7 Å². The van der Waals surface area contributed by atoms with Crippen molar-refractivity contribution in [3.8, 4) is 0 Å². The summed E-state index contributed by atoms with van der Waals surface area (Å²) >= 11 is 0. The van der Waals surface area contributed by atoms with E-state index in [1.807, 2.05) is 6.08 Å². The first kappa shape index (κ1) is 14.3. The molecule has 2 nitrogen and oxygen atoms in total. The molecule has 1 saturated heterocycles. The lowest BCUT2D eigenvalue weighted by atomic mass is 9.87. The van der Waals surface area contributed by atoms with Crippen LogP contribution in [-0.4, -0.2) is 12.1 Å². The maximum absolute atomic E-state index is 11.4. The van der Waals surface area contributed by atoms with E-state index in [-0.39, 0.29) is 18.0 Å². The van der Waals surface area contributed by atoms with E-state index in [2.05, 4.69) is 13.5 Å². The molecule has 0 aromatic rings. The normalized spacial score (nSPS) is 23.0. The second-order valence-corrected chi connectivity index (χ2v) is 5.00. The predicted molar refractivity (Wildman–Crippen MR) is 70.8 cm³/mol. The fourth-order valence-electron chi connectivity index (χ4n) is 2.39. The average Bonchev–Trinajstić information content (AvgIpc) is 2.32. The van der Waals surface area contributed by atoms with Gasteiger partial charge in [0.05, 0.1) is 5.92 Å². The fourth-order valence-corrected chi connectivity index (χ4v) is 2.39. The Morgan fingerprint density at radius 1 is 1.18 bits per heavy atom. The van der Waals surface area contributed by atoms with Crippen LogP contribution >= 0.6 is 0 Å². The molecule has 1 aliphatic heterocycles. The van der Waals surface area contributed by atoms with E-state index in [4.69, 9.17) is 4.74 Å². The highest BCUT2D eigenvalue weighted by molar-refractivity contribution is 5.78. The van der Waals surface area contributed by atoms with E-state index in [1.54, 1.807) is 0 Å². The van der Waals surface area contributed by atoms with Gasteiger partial charge in [0.2, 0.25) is 0 Å². The molecule has 1 fully saturated rings. The number of unbranched alkanes of at least 4 members (excludes halogenated alkanes) is 5. The SMILES string of the molecule is C=CCCCC[C@@H]1OC(=O)[C@H]1CCCCCC. The van der Waals surface area contributed by atoms with Gasteiger partial charge in [0.1, 0.15) is 6.10 Å². The number of rotatable bonds is 10. The summed E-state index contributed by atoms with van der Waals surface area (Å²) in [5.74, 6) is 0.241. The van der Waals surface area contributed by atoms with Crippen LogP contribution in [0.1, 0.15) is 64.7 Å². The predicted octanol–water partition coefficient (Wildman–Crippen LogP) is 4.24. The zero-order valence-electron chi connectivity index (χ0n) is 11.1. The third-order valence-electron chi connectivity index (χ3n) is 3.53. The Balaban J connectivity index is 2.09. The molecule has 17 heavy (non-hydrogen) atoms. The quantitative estimate of drug-likeness (QED) is 0.323. The number of allylic oxidation sites excluding steroid dienone is 1. The molecule has 1 aliphatic rings. The van der Waals surface area contributed by atoms with Gasteiger partial charge in [-0.05, 0) is 32.1 Å². The smallest absolute Gasteiger partial charge is 0.313 e. The van der Waals surface area contributed by atoms with Crippen molar-refractivity contribution in [1.82, 2.24) is 0 Å². The van der Waals surface area contributed by atoms with E-state index in [0.717, 1.165) is 25.7 Å². The highest BCUT2D eigenvalue weighted by atomic mass is 16.6. The van der Waals surface area contributed by atoms with Gasteiger partial charge in [0.25, 0.3) is 0 Å². The zero-order chi connectivity index (χ0) is 12.5. The molecule has 0 amide bonds. The summed E-state index contributed by atoms with van der Waals surface area (Å²) in [6, 6.07) is 0. The second kappa shape index (κ2) is 8.32. The van der Waals surface area contributed by atoms with Crippen molar-refractivity contribution < 1.29 is 9.53 Å². The minimum atomic E-state index is 0.0372. The van der Waals surface area contributed by atoms with Crippen LogP contribution in [0.2, 0.25) is 0 Å². The van der Waals surface area contributed by atoms with Gasteiger partial charge in [-0.1, -0.05) is 38.7 Å². The summed E-state index contributed by atoms with van der Waals surface area (Å²) in [6.45, 7) is 5.92. The number of esters is 1. The van der Waals surface area contributed by atoms with E-state index < -0.39 is 0 Å². The third-order valence-corrected chi connectivity index (χ3v) is 3.53. The summed E-state index contributed by atoms with van der Waals surface area (Å²) in [6.07, 6.45) is 12.6. The molecule has 2 atom stereocenters. The summed E-state index contributed by atoms with van der Waals surface area (Å²) in [7, 11) is 0. The molecule has 0 aromatic heterocycles.